The second kappa shape index (κ2) is 7.33. The highest BCUT2D eigenvalue weighted by Crippen LogP contribution is 2.17. The van der Waals surface area contributed by atoms with E-state index in [0.29, 0.717) is 30.9 Å². The molecule has 2 aromatic rings. The Morgan fingerprint density at radius 1 is 1.10 bits per heavy atom. The Balaban J connectivity index is 1.87. The fourth-order valence-corrected chi connectivity index (χ4v) is 1.90. The summed E-state index contributed by atoms with van der Waals surface area (Å²) < 4.78 is 10.5. The molecule has 1 N–H and O–H groups in total. The van der Waals surface area contributed by atoms with E-state index in [9.17, 15) is 9.90 Å². The predicted molar refractivity (Wildman–Crippen MR) is 79.7 cm³/mol. The summed E-state index contributed by atoms with van der Waals surface area (Å²) in [5.74, 6) is 0.621. The van der Waals surface area contributed by atoms with Crippen molar-refractivity contribution in [1.29, 1.82) is 0 Å². The van der Waals surface area contributed by atoms with Gasteiger partial charge in [-0.3, -0.25) is 0 Å². The lowest BCUT2D eigenvalue weighted by atomic mass is 10.1. The molecule has 0 radical (unpaired) electrons. The Kier molecular flexibility index (Phi) is 5.21. The van der Waals surface area contributed by atoms with Crippen molar-refractivity contribution in [2.24, 2.45) is 0 Å². The number of carbonyl (C=O) groups excluding carboxylic acids is 1. The molecule has 0 saturated carbocycles. The highest BCUT2D eigenvalue weighted by atomic mass is 16.5. The van der Waals surface area contributed by atoms with Crippen LogP contribution in [0.2, 0.25) is 0 Å². The van der Waals surface area contributed by atoms with Crippen LogP contribution in [0.15, 0.2) is 48.5 Å². The number of rotatable bonds is 6. The molecule has 0 aliphatic carbocycles. The lowest BCUT2D eigenvalue weighted by Crippen LogP contribution is -2.05. The zero-order valence-corrected chi connectivity index (χ0v) is 11.9. The number of carbonyl (C=O) groups is 1. The number of phenolic OH excluding ortho intramolecular Hbond substituents is 1. The third-order valence-electron chi connectivity index (χ3n) is 3.00. The Labute approximate surface area is 123 Å². The second-order valence-electron chi connectivity index (χ2n) is 4.47. The fraction of sp³-hybridized carbons (Fsp3) is 0.235. The van der Waals surface area contributed by atoms with Gasteiger partial charge < -0.3 is 14.6 Å². The number of esters is 1. The molecule has 0 atom stereocenters. The number of hydrogen-bond acceptors (Lipinski definition) is 4. The van der Waals surface area contributed by atoms with Crippen molar-refractivity contribution in [2.75, 3.05) is 13.2 Å². The highest BCUT2D eigenvalue weighted by molar-refractivity contribution is 5.89. The van der Waals surface area contributed by atoms with Gasteiger partial charge in [0.25, 0.3) is 0 Å². The van der Waals surface area contributed by atoms with Gasteiger partial charge in [-0.15, -0.1) is 0 Å². The molecular weight excluding hydrogens is 268 g/mol. The van der Waals surface area contributed by atoms with Crippen molar-refractivity contribution in [3.8, 4) is 11.5 Å². The molecule has 0 heterocycles. The number of phenols is 1. The Bertz CT molecular complexity index is 590. The summed E-state index contributed by atoms with van der Waals surface area (Å²) in [6.07, 6.45) is 0.617. The van der Waals surface area contributed by atoms with Gasteiger partial charge in [-0.1, -0.05) is 18.2 Å². The van der Waals surface area contributed by atoms with Crippen molar-refractivity contribution in [1.82, 2.24) is 0 Å². The van der Waals surface area contributed by atoms with E-state index in [4.69, 9.17) is 9.47 Å². The zero-order chi connectivity index (χ0) is 15.1. The summed E-state index contributed by atoms with van der Waals surface area (Å²) in [6, 6.07) is 14.0. The molecule has 0 bridgehead atoms. The molecule has 2 rings (SSSR count). The quantitative estimate of drug-likeness (QED) is 0.829. The second-order valence-corrected chi connectivity index (χ2v) is 4.47. The monoisotopic (exact) mass is 286 g/mol. The van der Waals surface area contributed by atoms with Crippen molar-refractivity contribution >= 4 is 5.97 Å². The lowest BCUT2D eigenvalue weighted by molar-refractivity contribution is 0.0526. The zero-order valence-electron chi connectivity index (χ0n) is 11.9. The molecule has 0 saturated heterocycles. The first-order valence-electron chi connectivity index (χ1n) is 6.87. The molecule has 0 amide bonds. The molecule has 0 aliphatic heterocycles. The number of aromatic hydroxyl groups is 1. The molecule has 0 spiro atoms. The molecule has 0 aliphatic rings. The number of benzene rings is 2. The van der Waals surface area contributed by atoms with Crippen LogP contribution < -0.4 is 4.74 Å². The fourth-order valence-electron chi connectivity index (χ4n) is 1.90. The SMILES string of the molecule is CCOC(=O)c1ccc(OCCc2ccccc2O)cc1. The van der Waals surface area contributed by atoms with E-state index < -0.39 is 0 Å². The Morgan fingerprint density at radius 2 is 1.81 bits per heavy atom. The van der Waals surface area contributed by atoms with E-state index >= 15 is 0 Å². The van der Waals surface area contributed by atoms with E-state index in [1.165, 1.54) is 0 Å². The van der Waals surface area contributed by atoms with Gasteiger partial charge in [-0.2, -0.15) is 0 Å². The number of hydrogen-bond donors (Lipinski definition) is 1. The average molecular weight is 286 g/mol. The van der Waals surface area contributed by atoms with Crippen LogP contribution in [0.5, 0.6) is 11.5 Å². The van der Waals surface area contributed by atoms with Gasteiger partial charge in [0.2, 0.25) is 0 Å². The minimum Gasteiger partial charge on any atom is -0.508 e. The van der Waals surface area contributed by atoms with Crippen LogP contribution in [-0.4, -0.2) is 24.3 Å². The van der Waals surface area contributed by atoms with Crippen LogP contribution in [0.1, 0.15) is 22.8 Å². The average Bonchev–Trinajstić information content (AvgIpc) is 2.50. The summed E-state index contributed by atoms with van der Waals surface area (Å²) in [4.78, 5) is 11.5. The molecular formula is C17H18O4. The van der Waals surface area contributed by atoms with Gasteiger partial charge in [0, 0.05) is 6.42 Å². The van der Waals surface area contributed by atoms with E-state index in [0.717, 1.165) is 5.56 Å². The summed E-state index contributed by atoms with van der Waals surface area (Å²) in [7, 11) is 0. The first-order chi connectivity index (χ1) is 10.2. The summed E-state index contributed by atoms with van der Waals surface area (Å²) >= 11 is 0. The van der Waals surface area contributed by atoms with Gasteiger partial charge in [-0.25, -0.2) is 4.79 Å². The highest BCUT2D eigenvalue weighted by Gasteiger charge is 2.06. The molecule has 2 aromatic carbocycles. The molecule has 4 nitrogen and oxygen atoms in total. The molecule has 21 heavy (non-hydrogen) atoms. The van der Waals surface area contributed by atoms with E-state index in [-0.39, 0.29) is 11.7 Å². The molecule has 110 valence electrons. The van der Waals surface area contributed by atoms with Gasteiger partial charge in [0.1, 0.15) is 11.5 Å². The van der Waals surface area contributed by atoms with E-state index in [1.807, 2.05) is 12.1 Å². The maximum atomic E-state index is 11.5. The van der Waals surface area contributed by atoms with E-state index in [1.54, 1.807) is 43.3 Å². The summed E-state index contributed by atoms with van der Waals surface area (Å²) in [5.41, 5.74) is 1.35. The first-order valence-corrected chi connectivity index (χ1v) is 6.87. The predicted octanol–water partition coefficient (Wildman–Crippen LogP) is 3.19. The summed E-state index contributed by atoms with van der Waals surface area (Å²) in [6.45, 7) is 2.59. The van der Waals surface area contributed by atoms with Crippen LogP contribution in [0.3, 0.4) is 0 Å². The van der Waals surface area contributed by atoms with Gasteiger partial charge in [-0.05, 0) is 42.8 Å². The maximum Gasteiger partial charge on any atom is 0.338 e. The van der Waals surface area contributed by atoms with Gasteiger partial charge >= 0.3 is 5.97 Å². The molecule has 0 aromatic heterocycles. The molecule has 0 fully saturated rings. The minimum absolute atomic E-state index is 0.277. The lowest BCUT2D eigenvalue weighted by Gasteiger charge is -2.08. The Morgan fingerprint density at radius 3 is 2.48 bits per heavy atom. The smallest absolute Gasteiger partial charge is 0.338 e. The van der Waals surface area contributed by atoms with Crippen LogP contribution in [0.4, 0.5) is 0 Å². The van der Waals surface area contributed by atoms with Gasteiger partial charge in [0.05, 0.1) is 18.8 Å². The largest absolute Gasteiger partial charge is 0.508 e. The minimum atomic E-state index is -0.335. The van der Waals surface area contributed by atoms with Crippen molar-refractivity contribution < 1.29 is 19.4 Å². The molecule has 0 unspecified atom stereocenters. The van der Waals surface area contributed by atoms with Crippen molar-refractivity contribution in [2.45, 2.75) is 13.3 Å². The summed E-state index contributed by atoms with van der Waals surface area (Å²) in [5, 5.41) is 9.65. The number of ether oxygens (including phenoxy) is 2. The van der Waals surface area contributed by atoms with Crippen molar-refractivity contribution in [3.63, 3.8) is 0 Å². The van der Waals surface area contributed by atoms with Gasteiger partial charge in [0.15, 0.2) is 0 Å². The van der Waals surface area contributed by atoms with Crippen LogP contribution in [-0.2, 0) is 11.2 Å². The Hall–Kier alpha value is -2.49. The third kappa shape index (κ3) is 4.24. The first kappa shape index (κ1) is 14.9. The normalized spacial score (nSPS) is 10.1. The van der Waals surface area contributed by atoms with Crippen LogP contribution in [0.25, 0.3) is 0 Å². The van der Waals surface area contributed by atoms with Crippen LogP contribution in [0, 0.1) is 0 Å². The standard InChI is InChI=1S/C17H18O4/c1-2-20-17(19)14-7-9-15(10-8-14)21-12-11-13-5-3-4-6-16(13)18/h3-10,18H,2,11-12H2,1H3. The van der Waals surface area contributed by atoms with E-state index in [2.05, 4.69) is 0 Å². The van der Waals surface area contributed by atoms with Crippen LogP contribution >= 0.6 is 0 Å². The third-order valence-corrected chi connectivity index (χ3v) is 3.00. The number of para-hydroxylation sites is 1. The maximum absolute atomic E-state index is 11.5. The van der Waals surface area contributed by atoms with Crippen molar-refractivity contribution in [3.05, 3.63) is 59.7 Å². The molecule has 4 heteroatoms. The topological polar surface area (TPSA) is 55.8 Å².